The van der Waals surface area contributed by atoms with Gasteiger partial charge in [0.25, 0.3) is 0 Å². The Bertz CT molecular complexity index is 562. The Morgan fingerprint density at radius 1 is 1.29 bits per heavy atom. The van der Waals surface area contributed by atoms with E-state index in [0.717, 1.165) is 35.2 Å². The van der Waals surface area contributed by atoms with Crippen molar-refractivity contribution in [3.05, 3.63) is 46.6 Å². The molecule has 0 aliphatic heterocycles. The Hall–Kier alpha value is -1.53. The van der Waals surface area contributed by atoms with Gasteiger partial charge in [-0.25, -0.2) is 9.97 Å². The largest absolute Gasteiger partial charge is 0.481 e. The van der Waals surface area contributed by atoms with Gasteiger partial charge in [0.05, 0.1) is 18.8 Å². The average molecular weight is 351 g/mol. The molecule has 112 valence electrons. The summed E-state index contributed by atoms with van der Waals surface area (Å²) in [5, 5.41) is 3.50. The van der Waals surface area contributed by atoms with Gasteiger partial charge < -0.3 is 10.1 Å². The summed E-state index contributed by atoms with van der Waals surface area (Å²) in [4.78, 5) is 12.9. The van der Waals surface area contributed by atoms with Crippen LogP contribution in [0.2, 0.25) is 0 Å². The molecule has 0 saturated heterocycles. The fourth-order valence-corrected chi connectivity index (χ4v) is 2.23. The van der Waals surface area contributed by atoms with Crippen LogP contribution in [0.4, 0.5) is 0 Å². The number of nitrogens with one attached hydrogen (secondary N) is 1. The maximum absolute atomic E-state index is 5.17. The molecule has 1 N–H and O–H groups in total. The number of nitrogens with zero attached hydrogens (tertiary/aromatic N) is 3. The van der Waals surface area contributed by atoms with E-state index in [1.807, 2.05) is 24.4 Å². The summed E-state index contributed by atoms with van der Waals surface area (Å²) in [5.74, 6) is 0.576. The van der Waals surface area contributed by atoms with Gasteiger partial charge in [-0.1, -0.05) is 6.92 Å². The fourth-order valence-electron chi connectivity index (χ4n) is 1.99. The van der Waals surface area contributed by atoms with Gasteiger partial charge in [0, 0.05) is 28.9 Å². The van der Waals surface area contributed by atoms with E-state index in [-0.39, 0.29) is 6.04 Å². The Balaban J connectivity index is 2.18. The van der Waals surface area contributed by atoms with E-state index in [4.69, 9.17) is 4.74 Å². The van der Waals surface area contributed by atoms with Crippen molar-refractivity contribution in [3.8, 4) is 5.88 Å². The van der Waals surface area contributed by atoms with Crippen LogP contribution in [0.3, 0.4) is 0 Å². The van der Waals surface area contributed by atoms with Gasteiger partial charge in [0.15, 0.2) is 0 Å². The zero-order valence-corrected chi connectivity index (χ0v) is 13.8. The van der Waals surface area contributed by atoms with E-state index in [1.165, 1.54) is 6.33 Å². The van der Waals surface area contributed by atoms with Crippen LogP contribution in [0.25, 0.3) is 0 Å². The van der Waals surface area contributed by atoms with Crippen molar-refractivity contribution in [2.45, 2.75) is 25.8 Å². The third-order valence-corrected chi connectivity index (χ3v) is 3.54. The molecule has 0 aliphatic carbocycles. The molecule has 5 nitrogen and oxygen atoms in total. The summed E-state index contributed by atoms with van der Waals surface area (Å²) < 4.78 is 6.15. The number of pyridine rings is 1. The molecule has 0 aromatic carbocycles. The minimum Gasteiger partial charge on any atom is -0.481 e. The molecule has 0 fully saturated rings. The zero-order chi connectivity index (χ0) is 15.1. The molecule has 2 aromatic rings. The van der Waals surface area contributed by atoms with Gasteiger partial charge in [-0.2, -0.15) is 0 Å². The standard InChI is InChI=1S/C15H19BrN4O/c1-3-6-17-13(7-12-5-4-11(16)9-18-12)14-8-15(21-2)20-10-19-14/h4-5,8-10,13,17H,3,6-7H2,1-2H3. The highest BCUT2D eigenvalue weighted by molar-refractivity contribution is 9.10. The molecule has 1 unspecified atom stereocenters. The summed E-state index contributed by atoms with van der Waals surface area (Å²) in [6, 6.07) is 5.98. The molecule has 2 aromatic heterocycles. The highest BCUT2D eigenvalue weighted by atomic mass is 79.9. The lowest BCUT2D eigenvalue weighted by Crippen LogP contribution is -2.25. The SMILES string of the molecule is CCCNC(Cc1ccc(Br)cn1)c1cc(OC)ncn1. The van der Waals surface area contributed by atoms with Gasteiger partial charge in [-0.05, 0) is 41.0 Å². The van der Waals surface area contributed by atoms with E-state index in [2.05, 4.69) is 43.1 Å². The number of aromatic nitrogens is 3. The lowest BCUT2D eigenvalue weighted by Gasteiger charge is -2.18. The summed E-state index contributed by atoms with van der Waals surface area (Å²) in [6.07, 6.45) is 5.18. The van der Waals surface area contributed by atoms with Crippen molar-refractivity contribution in [1.82, 2.24) is 20.3 Å². The summed E-state index contributed by atoms with van der Waals surface area (Å²) in [5.41, 5.74) is 1.93. The molecule has 2 heterocycles. The molecular weight excluding hydrogens is 332 g/mol. The summed E-state index contributed by atoms with van der Waals surface area (Å²) in [7, 11) is 1.61. The first kappa shape index (κ1) is 15.9. The molecule has 0 bridgehead atoms. The number of rotatable bonds is 7. The number of ether oxygens (including phenoxy) is 1. The van der Waals surface area contributed by atoms with Crippen molar-refractivity contribution in [2.75, 3.05) is 13.7 Å². The first-order chi connectivity index (χ1) is 10.2. The van der Waals surface area contributed by atoms with Crippen molar-refractivity contribution in [2.24, 2.45) is 0 Å². The van der Waals surface area contributed by atoms with Gasteiger partial charge in [0.2, 0.25) is 5.88 Å². The summed E-state index contributed by atoms with van der Waals surface area (Å²) >= 11 is 3.40. The molecule has 0 amide bonds. The van der Waals surface area contributed by atoms with E-state index >= 15 is 0 Å². The maximum atomic E-state index is 5.17. The monoisotopic (exact) mass is 350 g/mol. The average Bonchev–Trinajstić information content (AvgIpc) is 2.53. The third kappa shape index (κ3) is 4.75. The molecule has 21 heavy (non-hydrogen) atoms. The van der Waals surface area contributed by atoms with Gasteiger partial charge in [0.1, 0.15) is 6.33 Å². The summed E-state index contributed by atoms with van der Waals surface area (Å²) in [6.45, 7) is 3.07. The smallest absolute Gasteiger partial charge is 0.216 e. The van der Waals surface area contributed by atoms with Crippen LogP contribution in [0.1, 0.15) is 30.8 Å². The van der Waals surface area contributed by atoms with E-state index in [0.29, 0.717) is 5.88 Å². The van der Waals surface area contributed by atoms with Crippen LogP contribution in [0, 0.1) is 0 Å². The number of hydrogen-bond acceptors (Lipinski definition) is 5. The highest BCUT2D eigenvalue weighted by Crippen LogP contribution is 2.19. The van der Waals surface area contributed by atoms with E-state index < -0.39 is 0 Å². The Morgan fingerprint density at radius 3 is 2.81 bits per heavy atom. The van der Waals surface area contributed by atoms with Gasteiger partial charge in [-0.15, -0.1) is 0 Å². The predicted octanol–water partition coefficient (Wildman–Crippen LogP) is 2.93. The van der Waals surface area contributed by atoms with Crippen molar-refractivity contribution in [1.29, 1.82) is 0 Å². The number of hydrogen-bond donors (Lipinski definition) is 1. The number of halogens is 1. The highest BCUT2D eigenvalue weighted by Gasteiger charge is 2.15. The lowest BCUT2D eigenvalue weighted by molar-refractivity contribution is 0.393. The molecule has 0 radical (unpaired) electrons. The minimum absolute atomic E-state index is 0.0931. The number of methoxy groups -OCH3 is 1. The Kier molecular flexibility index (Phi) is 6.07. The fraction of sp³-hybridized carbons (Fsp3) is 0.400. The Labute approximate surface area is 133 Å². The van der Waals surface area contributed by atoms with Crippen LogP contribution < -0.4 is 10.1 Å². The molecule has 0 spiro atoms. The van der Waals surface area contributed by atoms with Gasteiger partial charge in [-0.3, -0.25) is 4.98 Å². The first-order valence-corrected chi connectivity index (χ1v) is 7.72. The topological polar surface area (TPSA) is 59.9 Å². The second-order valence-corrected chi connectivity index (χ2v) is 5.58. The van der Waals surface area contributed by atoms with Crippen LogP contribution in [0.15, 0.2) is 35.2 Å². The van der Waals surface area contributed by atoms with Crippen LogP contribution in [-0.2, 0) is 6.42 Å². The van der Waals surface area contributed by atoms with Crippen molar-refractivity contribution >= 4 is 15.9 Å². The third-order valence-electron chi connectivity index (χ3n) is 3.07. The Morgan fingerprint density at radius 2 is 2.14 bits per heavy atom. The van der Waals surface area contributed by atoms with Crippen LogP contribution >= 0.6 is 15.9 Å². The normalized spacial score (nSPS) is 12.1. The minimum atomic E-state index is 0.0931. The lowest BCUT2D eigenvalue weighted by atomic mass is 10.1. The van der Waals surface area contributed by atoms with E-state index in [9.17, 15) is 0 Å². The molecule has 2 rings (SSSR count). The molecule has 0 aliphatic rings. The van der Waals surface area contributed by atoms with E-state index in [1.54, 1.807) is 7.11 Å². The van der Waals surface area contributed by atoms with Gasteiger partial charge >= 0.3 is 0 Å². The second kappa shape index (κ2) is 8.05. The first-order valence-electron chi connectivity index (χ1n) is 6.92. The van der Waals surface area contributed by atoms with Crippen molar-refractivity contribution < 1.29 is 4.74 Å². The predicted molar refractivity (Wildman–Crippen MR) is 85.3 cm³/mol. The molecule has 1 atom stereocenters. The zero-order valence-electron chi connectivity index (χ0n) is 12.2. The molecule has 0 saturated carbocycles. The molecule has 6 heteroatoms. The van der Waals surface area contributed by atoms with Crippen LogP contribution in [0.5, 0.6) is 5.88 Å². The molecular formula is C15H19BrN4O. The van der Waals surface area contributed by atoms with Crippen LogP contribution in [-0.4, -0.2) is 28.6 Å². The second-order valence-electron chi connectivity index (χ2n) is 4.66. The maximum Gasteiger partial charge on any atom is 0.216 e. The quantitative estimate of drug-likeness (QED) is 0.831. The van der Waals surface area contributed by atoms with Crippen molar-refractivity contribution in [3.63, 3.8) is 0 Å².